The van der Waals surface area contributed by atoms with Gasteiger partial charge in [0.1, 0.15) is 11.3 Å². The predicted octanol–water partition coefficient (Wildman–Crippen LogP) is 2.63. The molecule has 4 nitrogen and oxygen atoms in total. The van der Waals surface area contributed by atoms with Gasteiger partial charge < -0.3 is 13.4 Å². The molecule has 0 unspecified atom stereocenters. The van der Waals surface area contributed by atoms with Crippen molar-refractivity contribution < 1.29 is 8.83 Å². The number of furan rings is 1. The molecule has 0 aliphatic carbocycles. The third-order valence-corrected chi connectivity index (χ3v) is 7.00. The Bertz CT molecular complexity index is 817. The number of aromatic nitrogens is 1. The van der Waals surface area contributed by atoms with Crippen molar-refractivity contribution in [2.45, 2.75) is 33.1 Å². The van der Waals surface area contributed by atoms with Crippen LogP contribution in [0.15, 0.2) is 39.4 Å². The van der Waals surface area contributed by atoms with Crippen LogP contribution < -0.4 is 10.7 Å². The van der Waals surface area contributed by atoms with Gasteiger partial charge in [0, 0.05) is 5.19 Å². The predicted molar refractivity (Wildman–Crippen MR) is 92.6 cm³/mol. The van der Waals surface area contributed by atoms with E-state index in [2.05, 4.69) is 23.6 Å². The van der Waals surface area contributed by atoms with Crippen molar-refractivity contribution in [2.75, 3.05) is 13.1 Å². The van der Waals surface area contributed by atoms with E-state index in [1.54, 1.807) is 0 Å². The molecule has 2 aromatic heterocycles. The summed E-state index contributed by atoms with van der Waals surface area (Å²) >= 11 is 0. The molecular formula is C18H21N2O2Si. The minimum absolute atomic E-state index is 0.877. The van der Waals surface area contributed by atoms with Gasteiger partial charge in [0.15, 0.2) is 11.1 Å². The minimum Gasteiger partial charge on any atom is -0.470 e. The number of aryl methyl sites for hydroxylation is 2. The van der Waals surface area contributed by atoms with Gasteiger partial charge in [0.05, 0.1) is 6.26 Å². The van der Waals surface area contributed by atoms with Crippen molar-refractivity contribution in [3.63, 3.8) is 0 Å². The lowest BCUT2D eigenvalue weighted by molar-refractivity contribution is 0.355. The fourth-order valence-electron chi connectivity index (χ4n) is 3.31. The Balaban J connectivity index is 1.80. The van der Waals surface area contributed by atoms with E-state index < -0.39 is 8.96 Å². The second-order valence-electron chi connectivity index (χ2n) is 6.28. The van der Waals surface area contributed by atoms with Gasteiger partial charge in [-0.1, -0.05) is 18.6 Å². The number of benzene rings is 1. The number of hydrogen-bond acceptors (Lipinski definition) is 4. The van der Waals surface area contributed by atoms with Crippen molar-refractivity contribution in [2.24, 2.45) is 0 Å². The Morgan fingerprint density at radius 2 is 1.96 bits per heavy atom. The van der Waals surface area contributed by atoms with Crippen molar-refractivity contribution in [1.82, 2.24) is 9.55 Å². The van der Waals surface area contributed by atoms with E-state index in [0.29, 0.717) is 0 Å². The SMILES string of the molecule is Cc1cc([Si](c2nc3cccc(C)c3o2)N2CCCCC2)co1. The third-order valence-electron chi connectivity index (χ3n) is 4.49. The van der Waals surface area contributed by atoms with Gasteiger partial charge in [0.25, 0.3) is 8.96 Å². The first-order valence-corrected chi connectivity index (χ1v) is 9.71. The van der Waals surface area contributed by atoms with E-state index in [9.17, 15) is 0 Å². The van der Waals surface area contributed by atoms with E-state index >= 15 is 0 Å². The number of piperidine rings is 1. The van der Waals surface area contributed by atoms with Crippen molar-refractivity contribution in [3.05, 3.63) is 41.9 Å². The van der Waals surface area contributed by atoms with Crippen LogP contribution in [0.5, 0.6) is 0 Å². The van der Waals surface area contributed by atoms with Crippen LogP contribution in [0, 0.1) is 13.8 Å². The molecule has 3 heterocycles. The maximum atomic E-state index is 6.23. The van der Waals surface area contributed by atoms with Gasteiger partial charge in [-0.3, -0.25) is 0 Å². The van der Waals surface area contributed by atoms with Crippen LogP contribution in [-0.4, -0.2) is 31.6 Å². The second kappa shape index (κ2) is 5.98. The van der Waals surface area contributed by atoms with E-state index in [1.807, 2.05) is 25.3 Å². The molecule has 23 heavy (non-hydrogen) atoms. The minimum atomic E-state index is -1.20. The zero-order valence-electron chi connectivity index (χ0n) is 13.6. The molecule has 1 fully saturated rings. The first kappa shape index (κ1) is 14.7. The van der Waals surface area contributed by atoms with Gasteiger partial charge in [-0.2, -0.15) is 0 Å². The second-order valence-corrected chi connectivity index (χ2v) is 8.62. The average Bonchev–Trinajstić information content (AvgIpc) is 3.16. The molecule has 4 rings (SSSR count). The number of fused-ring (bicyclic) bond motifs is 1. The number of rotatable bonds is 3. The van der Waals surface area contributed by atoms with Crippen molar-refractivity contribution >= 4 is 30.8 Å². The van der Waals surface area contributed by atoms with E-state index in [4.69, 9.17) is 13.8 Å². The first-order chi connectivity index (χ1) is 11.2. The largest absolute Gasteiger partial charge is 0.470 e. The smallest absolute Gasteiger partial charge is 0.284 e. The van der Waals surface area contributed by atoms with Gasteiger partial charge in [-0.05, 0) is 57.5 Å². The quantitative estimate of drug-likeness (QED) is 0.694. The monoisotopic (exact) mass is 325 g/mol. The molecule has 0 amide bonds. The zero-order chi connectivity index (χ0) is 15.8. The van der Waals surface area contributed by atoms with Gasteiger partial charge in [-0.15, -0.1) is 0 Å². The van der Waals surface area contributed by atoms with E-state index in [1.165, 1.54) is 24.4 Å². The van der Waals surface area contributed by atoms with E-state index in [0.717, 1.165) is 41.0 Å². The summed E-state index contributed by atoms with van der Waals surface area (Å²) in [5, 5.41) is 1.23. The summed E-state index contributed by atoms with van der Waals surface area (Å²) in [4.78, 5) is 4.83. The normalized spacial score (nSPS) is 16.5. The Hall–Kier alpha value is -1.85. The number of hydrogen-bond donors (Lipinski definition) is 0. The van der Waals surface area contributed by atoms with Crippen LogP contribution in [0.4, 0.5) is 0 Å². The van der Waals surface area contributed by atoms with Crippen LogP contribution in [0.2, 0.25) is 0 Å². The third kappa shape index (κ3) is 2.75. The molecule has 0 atom stereocenters. The molecule has 119 valence electrons. The Morgan fingerprint density at radius 1 is 1.13 bits per heavy atom. The van der Waals surface area contributed by atoms with Gasteiger partial charge in [-0.25, -0.2) is 4.98 Å². The van der Waals surface area contributed by atoms with Gasteiger partial charge in [0.2, 0.25) is 0 Å². The lowest BCUT2D eigenvalue weighted by atomic mass is 10.2. The molecule has 0 N–H and O–H groups in total. The first-order valence-electron chi connectivity index (χ1n) is 8.26. The van der Waals surface area contributed by atoms with Crippen LogP contribution in [0.3, 0.4) is 0 Å². The summed E-state index contributed by atoms with van der Waals surface area (Å²) in [5.41, 5.74) is 3.90. The Morgan fingerprint density at radius 3 is 2.65 bits per heavy atom. The fraction of sp³-hybridized carbons (Fsp3) is 0.389. The average molecular weight is 325 g/mol. The highest BCUT2D eigenvalue weighted by Gasteiger charge is 2.33. The fourth-order valence-corrected chi connectivity index (χ4v) is 5.90. The molecule has 1 aliphatic rings. The zero-order valence-corrected chi connectivity index (χ0v) is 14.6. The summed E-state index contributed by atoms with van der Waals surface area (Å²) in [6.07, 6.45) is 5.72. The highest BCUT2D eigenvalue weighted by molar-refractivity contribution is 6.81. The maximum Gasteiger partial charge on any atom is 0.284 e. The molecule has 1 aliphatic heterocycles. The summed E-state index contributed by atoms with van der Waals surface area (Å²) in [5.74, 6) is 0.951. The molecular weight excluding hydrogens is 304 g/mol. The highest BCUT2D eigenvalue weighted by atomic mass is 28.3. The molecule has 1 saturated heterocycles. The molecule has 3 aromatic rings. The standard InChI is InChI=1S/C18H21N2O2Si/c1-13-7-6-8-16-17(13)22-18(19-16)23(15-11-14(2)21-12-15)20-9-4-3-5-10-20/h6-8,11-12H,3-5,9-10H2,1-2H3. The molecule has 5 heteroatoms. The summed E-state index contributed by atoms with van der Waals surface area (Å²) in [6.45, 7) is 6.31. The molecule has 0 bridgehead atoms. The number of oxazole rings is 1. The highest BCUT2D eigenvalue weighted by Crippen LogP contribution is 2.17. The Labute approximate surface area is 137 Å². The van der Waals surface area contributed by atoms with Crippen molar-refractivity contribution in [1.29, 1.82) is 0 Å². The summed E-state index contributed by atoms with van der Waals surface area (Å²) in [6, 6.07) is 8.29. The van der Waals surface area contributed by atoms with Crippen LogP contribution >= 0.6 is 0 Å². The van der Waals surface area contributed by atoms with Crippen LogP contribution in [0.25, 0.3) is 11.1 Å². The lowest BCUT2D eigenvalue weighted by Crippen LogP contribution is -2.58. The Kier molecular flexibility index (Phi) is 3.83. The maximum absolute atomic E-state index is 6.23. The molecule has 0 spiro atoms. The van der Waals surface area contributed by atoms with Crippen LogP contribution in [-0.2, 0) is 0 Å². The summed E-state index contributed by atoms with van der Waals surface area (Å²) in [7, 11) is -1.20. The lowest BCUT2D eigenvalue weighted by Gasteiger charge is -2.30. The molecule has 0 saturated carbocycles. The van der Waals surface area contributed by atoms with Gasteiger partial charge >= 0.3 is 0 Å². The van der Waals surface area contributed by atoms with Crippen molar-refractivity contribution in [3.8, 4) is 0 Å². The molecule has 1 aromatic carbocycles. The number of para-hydroxylation sites is 1. The topological polar surface area (TPSA) is 42.4 Å². The molecule has 1 radical (unpaired) electrons. The van der Waals surface area contributed by atoms with Crippen LogP contribution in [0.1, 0.15) is 30.6 Å². The summed E-state index contributed by atoms with van der Waals surface area (Å²) < 4.78 is 14.4. The van der Waals surface area contributed by atoms with E-state index in [-0.39, 0.29) is 0 Å². The number of nitrogens with zero attached hydrogens (tertiary/aromatic N) is 2.